The van der Waals surface area contributed by atoms with E-state index < -0.39 is 10.0 Å². The lowest BCUT2D eigenvalue weighted by atomic mass is 10.0. The number of sulfonamides is 1. The predicted octanol–water partition coefficient (Wildman–Crippen LogP) is 3.06. The van der Waals surface area contributed by atoms with Crippen LogP contribution < -0.4 is 10.0 Å². The molecule has 0 saturated heterocycles. The third-order valence-electron chi connectivity index (χ3n) is 4.33. The number of methoxy groups -OCH3 is 1. The Kier molecular flexibility index (Phi) is 8.57. The topological polar surface area (TPSA) is 84.5 Å². The predicted molar refractivity (Wildman–Crippen MR) is 115 cm³/mol. The molecule has 0 radical (unpaired) electrons. The van der Waals surface area contributed by atoms with E-state index >= 15 is 0 Å². The number of hydrogen-bond acceptors (Lipinski definition) is 4. The maximum absolute atomic E-state index is 12.1. The van der Waals surface area contributed by atoms with Gasteiger partial charge in [0.1, 0.15) is 0 Å². The molecule has 0 heterocycles. The summed E-state index contributed by atoms with van der Waals surface area (Å²) in [5, 5.41) is 2.79. The third-order valence-corrected chi connectivity index (χ3v) is 5.81. The first kappa shape index (κ1) is 22.8. The molecule has 156 valence electrons. The first-order chi connectivity index (χ1) is 13.8. The molecule has 0 fully saturated rings. The van der Waals surface area contributed by atoms with Gasteiger partial charge in [0.15, 0.2) is 0 Å². The lowest BCUT2D eigenvalue weighted by Gasteiger charge is -2.08. The van der Waals surface area contributed by atoms with Crippen LogP contribution in [0.15, 0.2) is 59.5 Å². The summed E-state index contributed by atoms with van der Waals surface area (Å²) >= 11 is 0. The maximum Gasteiger partial charge on any atom is 0.244 e. The zero-order chi connectivity index (χ0) is 21.3. The van der Waals surface area contributed by atoms with Crippen LogP contribution in [0.1, 0.15) is 36.5 Å². The standard InChI is InChI=1S/C22H28N2O4S/c1-17(2)20-9-4-18(5-10-20)8-13-22(25)23-16-19-6-11-21(12-7-19)29(26,27)24-14-15-28-3/h4-13,17,24H,14-16H2,1-3H3,(H,23,25)/b13-8+. The average molecular weight is 417 g/mol. The minimum Gasteiger partial charge on any atom is -0.383 e. The van der Waals surface area contributed by atoms with Crippen molar-refractivity contribution in [3.63, 3.8) is 0 Å². The summed E-state index contributed by atoms with van der Waals surface area (Å²) in [5.74, 6) is 0.259. The van der Waals surface area contributed by atoms with Crippen LogP contribution in [0.4, 0.5) is 0 Å². The van der Waals surface area contributed by atoms with Crippen LogP contribution in [0.25, 0.3) is 6.08 Å². The van der Waals surface area contributed by atoms with Crippen LogP contribution in [0.2, 0.25) is 0 Å². The number of carbonyl (C=O) groups excluding carboxylic acids is 1. The number of benzene rings is 2. The number of nitrogens with one attached hydrogen (secondary N) is 2. The number of rotatable bonds is 10. The van der Waals surface area contributed by atoms with Gasteiger partial charge in [-0.05, 0) is 40.8 Å². The highest BCUT2D eigenvalue weighted by Gasteiger charge is 2.12. The van der Waals surface area contributed by atoms with Crippen LogP contribution in [0, 0.1) is 0 Å². The highest BCUT2D eigenvalue weighted by molar-refractivity contribution is 7.89. The highest BCUT2D eigenvalue weighted by atomic mass is 32.2. The van der Waals surface area contributed by atoms with Crippen molar-refractivity contribution in [3.8, 4) is 0 Å². The summed E-state index contributed by atoms with van der Waals surface area (Å²) in [6, 6.07) is 14.5. The summed E-state index contributed by atoms with van der Waals surface area (Å²) in [5.41, 5.74) is 3.02. The van der Waals surface area contributed by atoms with E-state index in [0.29, 0.717) is 19.1 Å². The fraction of sp³-hybridized carbons (Fsp3) is 0.318. The Labute approximate surface area is 173 Å². The Bertz CT molecular complexity index is 918. The van der Waals surface area contributed by atoms with Gasteiger partial charge < -0.3 is 10.1 Å². The molecule has 2 aromatic carbocycles. The van der Waals surface area contributed by atoms with E-state index in [0.717, 1.165) is 11.1 Å². The van der Waals surface area contributed by atoms with Crippen molar-refractivity contribution in [2.45, 2.75) is 31.2 Å². The second-order valence-electron chi connectivity index (χ2n) is 6.91. The summed E-state index contributed by atoms with van der Waals surface area (Å²) in [6.07, 6.45) is 3.25. The second kappa shape index (κ2) is 10.9. The molecule has 2 rings (SSSR count). The molecule has 2 aromatic rings. The maximum atomic E-state index is 12.1. The van der Waals surface area contributed by atoms with Crippen LogP contribution in [-0.2, 0) is 26.1 Å². The van der Waals surface area contributed by atoms with Gasteiger partial charge in [-0.15, -0.1) is 0 Å². The largest absolute Gasteiger partial charge is 0.383 e. The molecular weight excluding hydrogens is 388 g/mol. The van der Waals surface area contributed by atoms with E-state index in [2.05, 4.69) is 36.0 Å². The lowest BCUT2D eigenvalue weighted by molar-refractivity contribution is -0.116. The molecule has 0 atom stereocenters. The zero-order valence-corrected chi connectivity index (χ0v) is 17.8. The van der Waals surface area contributed by atoms with Gasteiger partial charge in [0.25, 0.3) is 0 Å². The van der Waals surface area contributed by atoms with Crippen molar-refractivity contribution in [1.82, 2.24) is 10.0 Å². The van der Waals surface area contributed by atoms with Gasteiger partial charge in [-0.2, -0.15) is 0 Å². The van der Waals surface area contributed by atoms with E-state index in [4.69, 9.17) is 4.74 Å². The molecule has 29 heavy (non-hydrogen) atoms. The Morgan fingerprint density at radius 1 is 1.07 bits per heavy atom. The Morgan fingerprint density at radius 2 is 1.72 bits per heavy atom. The van der Waals surface area contributed by atoms with Crippen molar-refractivity contribution in [2.75, 3.05) is 20.3 Å². The van der Waals surface area contributed by atoms with E-state index in [1.54, 1.807) is 18.2 Å². The van der Waals surface area contributed by atoms with E-state index in [1.807, 2.05) is 12.1 Å². The Balaban J connectivity index is 1.86. The van der Waals surface area contributed by atoms with Crippen molar-refractivity contribution in [2.24, 2.45) is 0 Å². The summed E-state index contributed by atoms with van der Waals surface area (Å²) in [7, 11) is -2.05. The summed E-state index contributed by atoms with van der Waals surface area (Å²) < 4.78 is 31.5. The first-order valence-electron chi connectivity index (χ1n) is 9.45. The lowest BCUT2D eigenvalue weighted by Crippen LogP contribution is -2.27. The molecule has 0 spiro atoms. The van der Waals surface area contributed by atoms with Gasteiger partial charge in [-0.3, -0.25) is 4.79 Å². The fourth-order valence-corrected chi connectivity index (χ4v) is 3.57. The molecule has 0 aromatic heterocycles. The molecule has 7 heteroatoms. The van der Waals surface area contributed by atoms with E-state index in [1.165, 1.54) is 30.9 Å². The molecule has 0 unspecified atom stereocenters. The number of hydrogen-bond donors (Lipinski definition) is 2. The number of carbonyl (C=O) groups is 1. The molecule has 2 N–H and O–H groups in total. The van der Waals surface area contributed by atoms with Gasteiger partial charge in [-0.25, -0.2) is 13.1 Å². The Hall–Kier alpha value is -2.48. The van der Waals surface area contributed by atoms with Crippen molar-refractivity contribution >= 4 is 22.0 Å². The van der Waals surface area contributed by atoms with Crippen LogP contribution in [0.5, 0.6) is 0 Å². The van der Waals surface area contributed by atoms with Crippen LogP contribution in [-0.4, -0.2) is 34.6 Å². The zero-order valence-electron chi connectivity index (χ0n) is 17.0. The molecule has 0 bridgehead atoms. The average Bonchev–Trinajstić information content (AvgIpc) is 2.71. The molecule has 0 saturated carbocycles. The van der Waals surface area contributed by atoms with Crippen LogP contribution >= 0.6 is 0 Å². The van der Waals surface area contributed by atoms with Crippen molar-refractivity contribution < 1.29 is 17.9 Å². The quantitative estimate of drug-likeness (QED) is 0.461. The van der Waals surface area contributed by atoms with Gasteiger partial charge >= 0.3 is 0 Å². The molecular formula is C22H28N2O4S. The van der Waals surface area contributed by atoms with Gasteiger partial charge in [-0.1, -0.05) is 50.2 Å². The SMILES string of the molecule is COCCNS(=O)(=O)c1ccc(CNC(=O)/C=C/c2ccc(C(C)C)cc2)cc1. The number of amides is 1. The van der Waals surface area contributed by atoms with Crippen molar-refractivity contribution in [1.29, 1.82) is 0 Å². The molecule has 0 aliphatic heterocycles. The molecule has 0 aliphatic carbocycles. The molecule has 6 nitrogen and oxygen atoms in total. The number of ether oxygens (including phenoxy) is 1. The van der Waals surface area contributed by atoms with Gasteiger partial charge in [0.2, 0.25) is 15.9 Å². The molecule has 0 aliphatic rings. The summed E-state index contributed by atoms with van der Waals surface area (Å²) in [6.45, 7) is 5.10. The Morgan fingerprint density at radius 3 is 2.31 bits per heavy atom. The monoisotopic (exact) mass is 416 g/mol. The van der Waals surface area contributed by atoms with E-state index in [9.17, 15) is 13.2 Å². The fourth-order valence-electron chi connectivity index (χ4n) is 2.56. The minimum atomic E-state index is -3.56. The first-order valence-corrected chi connectivity index (χ1v) is 10.9. The normalized spacial score (nSPS) is 11.9. The van der Waals surface area contributed by atoms with Crippen LogP contribution in [0.3, 0.4) is 0 Å². The van der Waals surface area contributed by atoms with E-state index in [-0.39, 0.29) is 17.3 Å². The second-order valence-corrected chi connectivity index (χ2v) is 8.67. The molecule has 1 amide bonds. The highest BCUT2D eigenvalue weighted by Crippen LogP contribution is 2.15. The third kappa shape index (κ3) is 7.45. The summed E-state index contributed by atoms with van der Waals surface area (Å²) in [4.78, 5) is 12.2. The van der Waals surface area contributed by atoms with Crippen molar-refractivity contribution in [3.05, 3.63) is 71.3 Å². The minimum absolute atomic E-state index is 0.174. The smallest absolute Gasteiger partial charge is 0.244 e. The van der Waals surface area contributed by atoms with Gasteiger partial charge in [0.05, 0.1) is 11.5 Å². The van der Waals surface area contributed by atoms with Gasteiger partial charge in [0, 0.05) is 26.3 Å².